The van der Waals surface area contributed by atoms with Gasteiger partial charge >= 0.3 is 7.82 Å². The van der Waals surface area contributed by atoms with E-state index >= 15 is 0 Å². The molecule has 2 aliphatic heterocycles. The summed E-state index contributed by atoms with van der Waals surface area (Å²) in [5.41, 5.74) is 0.797. The molecule has 3 rings (SSSR count). The molecule has 4 unspecified atom stereocenters. The van der Waals surface area contributed by atoms with Crippen LogP contribution in [0.2, 0.25) is 0 Å². The van der Waals surface area contributed by atoms with E-state index in [0.717, 1.165) is 5.56 Å². The van der Waals surface area contributed by atoms with Crippen molar-refractivity contribution in [1.82, 2.24) is 0 Å². The minimum atomic E-state index is -4.10. The topological polar surface area (TPSA) is 80.8 Å². The minimum absolute atomic E-state index is 0.0702. The van der Waals surface area contributed by atoms with Gasteiger partial charge < -0.3 is 14.4 Å². The largest absolute Gasteiger partial charge is 0.472 e. The Balaban J connectivity index is 1.65. The Hall–Kier alpha value is -0.750. The van der Waals surface area contributed by atoms with Crippen molar-refractivity contribution in [2.75, 3.05) is 19.8 Å². The molecule has 0 aliphatic carbocycles. The molecule has 0 aromatic heterocycles. The summed E-state index contributed by atoms with van der Waals surface area (Å²) in [7, 11) is -4.10. The lowest BCUT2D eigenvalue weighted by atomic mass is 10.1. The van der Waals surface area contributed by atoms with Crippen molar-refractivity contribution in [3.05, 3.63) is 35.9 Å². The van der Waals surface area contributed by atoms with Gasteiger partial charge in [0.15, 0.2) is 0 Å². The van der Waals surface area contributed by atoms with Crippen molar-refractivity contribution in [2.45, 2.75) is 18.3 Å². The summed E-state index contributed by atoms with van der Waals surface area (Å²) in [5, 5.41) is 0. The standard InChI is InChI=1S/C12H15O6P/c13-19(14,17-7-10-6-15-10)18-12(11-8-16-11)9-4-2-1-3-5-9/h1-5,10-12H,6-8H2,(H,13,14). The lowest BCUT2D eigenvalue weighted by Gasteiger charge is -2.19. The lowest BCUT2D eigenvalue weighted by molar-refractivity contribution is 0.0821. The van der Waals surface area contributed by atoms with Crippen molar-refractivity contribution in [3.63, 3.8) is 0 Å². The van der Waals surface area contributed by atoms with Crippen LogP contribution in [0.1, 0.15) is 11.7 Å². The average Bonchev–Trinajstić information content (AvgIpc) is 3.29. The number of rotatable bonds is 7. The van der Waals surface area contributed by atoms with Crippen LogP contribution >= 0.6 is 7.82 Å². The molecule has 0 spiro atoms. The number of benzene rings is 1. The average molecular weight is 286 g/mol. The normalized spacial score (nSPS) is 29.5. The van der Waals surface area contributed by atoms with Gasteiger partial charge in [0.1, 0.15) is 18.3 Å². The number of ether oxygens (including phenoxy) is 2. The molecular formula is C12H15O6P. The molecule has 2 heterocycles. The molecule has 0 saturated carbocycles. The van der Waals surface area contributed by atoms with Gasteiger partial charge in [-0.1, -0.05) is 30.3 Å². The summed E-state index contributed by atoms with van der Waals surface area (Å²) < 4.78 is 32.1. The molecule has 104 valence electrons. The van der Waals surface area contributed by atoms with Gasteiger partial charge in [-0.15, -0.1) is 0 Å². The first-order chi connectivity index (χ1) is 9.14. The van der Waals surface area contributed by atoms with E-state index in [1.807, 2.05) is 30.3 Å². The van der Waals surface area contributed by atoms with E-state index in [2.05, 4.69) is 0 Å². The van der Waals surface area contributed by atoms with Crippen LogP contribution in [0.15, 0.2) is 30.3 Å². The van der Waals surface area contributed by atoms with Crippen LogP contribution in [0.3, 0.4) is 0 Å². The predicted octanol–water partition coefficient (Wildman–Crippen LogP) is 1.66. The first-order valence-corrected chi connectivity index (χ1v) is 7.57. The van der Waals surface area contributed by atoms with Gasteiger partial charge in [0, 0.05) is 0 Å². The van der Waals surface area contributed by atoms with Gasteiger partial charge in [-0.25, -0.2) is 4.57 Å². The molecule has 0 radical (unpaired) electrons. The van der Waals surface area contributed by atoms with E-state index < -0.39 is 13.9 Å². The van der Waals surface area contributed by atoms with Gasteiger partial charge in [0.2, 0.25) is 0 Å². The molecule has 4 atom stereocenters. The monoisotopic (exact) mass is 286 g/mol. The van der Waals surface area contributed by atoms with Crippen molar-refractivity contribution < 1.29 is 28.0 Å². The van der Waals surface area contributed by atoms with E-state index in [1.165, 1.54) is 0 Å². The third kappa shape index (κ3) is 3.86. The molecule has 1 N–H and O–H groups in total. The smallest absolute Gasteiger partial charge is 0.371 e. The fraction of sp³-hybridized carbons (Fsp3) is 0.500. The van der Waals surface area contributed by atoms with Crippen LogP contribution in [-0.2, 0) is 23.1 Å². The molecule has 2 fully saturated rings. The van der Waals surface area contributed by atoms with Crippen molar-refractivity contribution in [3.8, 4) is 0 Å². The molecule has 1 aromatic rings. The highest BCUT2D eigenvalue weighted by Gasteiger charge is 2.40. The summed E-state index contributed by atoms with van der Waals surface area (Å²) in [6.45, 7) is 1.15. The number of hydrogen-bond donors (Lipinski definition) is 1. The Bertz CT molecular complexity index is 470. The van der Waals surface area contributed by atoms with Gasteiger partial charge in [0.25, 0.3) is 0 Å². The summed E-state index contributed by atoms with van der Waals surface area (Å²) in [6, 6.07) is 9.21. The molecule has 2 aliphatic rings. The van der Waals surface area contributed by atoms with Gasteiger partial charge in [-0.3, -0.25) is 9.05 Å². The van der Waals surface area contributed by atoms with E-state index in [1.54, 1.807) is 0 Å². The molecule has 19 heavy (non-hydrogen) atoms. The second-order valence-corrected chi connectivity index (χ2v) is 5.93. The summed E-state index contributed by atoms with van der Waals surface area (Å²) in [4.78, 5) is 9.70. The highest BCUT2D eigenvalue weighted by molar-refractivity contribution is 7.47. The Morgan fingerprint density at radius 3 is 2.58 bits per heavy atom. The first-order valence-electron chi connectivity index (χ1n) is 6.08. The van der Waals surface area contributed by atoms with Crippen LogP contribution in [0.25, 0.3) is 0 Å². The lowest BCUT2D eigenvalue weighted by Crippen LogP contribution is -2.11. The second kappa shape index (κ2) is 5.32. The molecular weight excluding hydrogens is 271 g/mol. The SMILES string of the molecule is O=P(O)(OCC1CO1)OC(c1ccccc1)C1CO1. The minimum Gasteiger partial charge on any atom is -0.371 e. The number of phosphoric acid groups is 1. The number of epoxide rings is 2. The third-order valence-corrected chi connectivity index (χ3v) is 3.87. The zero-order valence-corrected chi connectivity index (χ0v) is 11.1. The molecule has 6 nitrogen and oxygen atoms in total. The van der Waals surface area contributed by atoms with E-state index in [4.69, 9.17) is 18.5 Å². The molecule has 0 amide bonds. The number of phosphoric ester groups is 1. The molecule has 7 heteroatoms. The Kier molecular flexibility index (Phi) is 3.71. The van der Waals surface area contributed by atoms with E-state index in [9.17, 15) is 9.46 Å². The number of hydrogen-bond acceptors (Lipinski definition) is 5. The van der Waals surface area contributed by atoms with E-state index in [0.29, 0.717) is 13.2 Å². The highest BCUT2D eigenvalue weighted by Crippen LogP contribution is 2.50. The van der Waals surface area contributed by atoms with Crippen molar-refractivity contribution in [1.29, 1.82) is 0 Å². The van der Waals surface area contributed by atoms with Crippen LogP contribution in [0, 0.1) is 0 Å². The van der Waals surface area contributed by atoms with Crippen LogP contribution in [-0.4, -0.2) is 36.9 Å². The highest BCUT2D eigenvalue weighted by atomic mass is 31.2. The predicted molar refractivity (Wildman–Crippen MR) is 65.5 cm³/mol. The summed E-state index contributed by atoms with van der Waals surface area (Å²) in [5.74, 6) is 0. The van der Waals surface area contributed by atoms with Gasteiger partial charge in [-0.2, -0.15) is 0 Å². The van der Waals surface area contributed by atoms with Gasteiger partial charge in [-0.05, 0) is 5.56 Å². The second-order valence-electron chi connectivity index (χ2n) is 4.53. The summed E-state index contributed by atoms with van der Waals surface area (Å²) in [6.07, 6.45) is -0.864. The van der Waals surface area contributed by atoms with Crippen molar-refractivity contribution in [2.24, 2.45) is 0 Å². The first kappa shape index (κ1) is 13.2. The van der Waals surface area contributed by atoms with Crippen LogP contribution in [0.4, 0.5) is 0 Å². The van der Waals surface area contributed by atoms with E-state index in [-0.39, 0.29) is 18.8 Å². The molecule has 1 aromatic carbocycles. The maximum atomic E-state index is 11.9. The van der Waals surface area contributed by atoms with Crippen LogP contribution in [0.5, 0.6) is 0 Å². The fourth-order valence-corrected chi connectivity index (χ4v) is 2.69. The third-order valence-electron chi connectivity index (χ3n) is 2.90. The quantitative estimate of drug-likeness (QED) is 0.606. The summed E-state index contributed by atoms with van der Waals surface area (Å²) >= 11 is 0. The zero-order chi connectivity index (χ0) is 13.3. The van der Waals surface area contributed by atoms with Crippen molar-refractivity contribution >= 4 is 7.82 Å². The Labute approximate surface area is 110 Å². The molecule has 0 bridgehead atoms. The van der Waals surface area contributed by atoms with Crippen LogP contribution < -0.4 is 0 Å². The Morgan fingerprint density at radius 1 is 1.32 bits per heavy atom. The van der Waals surface area contributed by atoms with Gasteiger partial charge in [0.05, 0.1) is 19.8 Å². The maximum absolute atomic E-state index is 11.9. The molecule has 2 saturated heterocycles. The maximum Gasteiger partial charge on any atom is 0.472 e. The fourth-order valence-electron chi connectivity index (χ4n) is 1.73. The Morgan fingerprint density at radius 2 is 2.00 bits per heavy atom. The zero-order valence-electron chi connectivity index (χ0n) is 10.2.